The maximum atomic E-state index is 10.4. The highest BCUT2D eigenvalue weighted by Gasteiger charge is 2.13. The van der Waals surface area contributed by atoms with Gasteiger partial charge in [0.05, 0.1) is 6.42 Å². The summed E-state index contributed by atoms with van der Waals surface area (Å²) >= 11 is 0. The third-order valence-electron chi connectivity index (χ3n) is 1.57. The second-order valence-corrected chi connectivity index (χ2v) is 3.91. The van der Waals surface area contributed by atoms with Gasteiger partial charge in [0.25, 0.3) is 0 Å². The van der Waals surface area contributed by atoms with Gasteiger partial charge >= 0.3 is 16.4 Å². The average molecular weight is 248 g/mol. The average Bonchev–Trinajstić information content (AvgIpc) is 2.07. The van der Waals surface area contributed by atoms with Gasteiger partial charge in [-0.2, -0.15) is 8.42 Å². The van der Waals surface area contributed by atoms with Gasteiger partial charge in [-0.15, -0.1) is 0 Å². The molecular formula is C8H8O7S. The van der Waals surface area contributed by atoms with Crippen LogP contribution in [0, 0.1) is 0 Å². The Morgan fingerprint density at radius 3 is 2.50 bits per heavy atom. The lowest BCUT2D eigenvalue weighted by molar-refractivity contribution is -0.136. The van der Waals surface area contributed by atoms with Crippen LogP contribution in [-0.2, 0) is 21.6 Å². The molecule has 0 bridgehead atoms. The van der Waals surface area contributed by atoms with Gasteiger partial charge in [0.2, 0.25) is 0 Å². The molecule has 16 heavy (non-hydrogen) atoms. The minimum absolute atomic E-state index is 0.226. The molecule has 0 amide bonds. The van der Waals surface area contributed by atoms with E-state index in [9.17, 15) is 18.3 Å². The number of aliphatic carboxylic acids is 1. The molecule has 0 saturated heterocycles. The van der Waals surface area contributed by atoms with Gasteiger partial charge in [0, 0.05) is 0 Å². The van der Waals surface area contributed by atoms with Gasteiger partial charge in [0.15, 0.2) is 11.5 Å². The smallest absolute Gasteiger partial charge is 0.446 e. The van der Waals surface area contributed by atoms with E-state index in [0.717, 1.165) is 12.1 Å². The van der Waals surface area contributed by atoms with Crippen molar-refractivity contribution in [1.29, 1.82) is 0 Å². The fourth-order valence-corrected chi connectivity index (χ4v) is 1.38. The van der Waals surface area contributed by atoms with Crippen molar-refractivity contribution in [2.45, 2.75) is 6.42 Å². The topological polar surface area (TPSA) is 121 Å². The molecule has 0 aromatic heterocycles. The Bertz CT molecular complexity index is 505. The Morgan fingerprint density at radius 1 is 1.38 bits per heavy atom. The van der Waals surface area contributed by atoms with Crippen molar-refractivity contribution in [3.8, 4) is 11.5 Å². The summed E-state index contributed by atoms with van der Waals surface area (Å²) < 4.78 is 33.2. The number of phenols is 1. The number of carboxylic acid groups (broad SMARTS) is 1. The number of carboxylic acids is 1. The largest absolute Gasteiger partial charge is 0.504 e. The monoisotopic (exact) mass is 248 g/mol. The van der Waals surface area contributed by atoms with E-state index in [1.54, 1.807) is 0 Å². The van der Waals surface area contributed by atoms with Crippen molar-refractivity contribution in [2.24, 2.45) is 0 Å². The Labute approximate surface area is 90.9 Å². The Kier molecular flexibility index (Phi) is 3.35. The minimum Gasteiger partial charge on any atom is -0.504 e. The zero-order valence-electron chi connectivity index (χ0n) is 7.82. The highest BCUT2D eigenvalue weighted by molar-refractivity contribution is 7.81. The van der Waals surface area contributed by atoms with Gasteiger partial charge in [-0.3, -0.25) is 9.35 Å². The van der Waals surface area contributed by atoms with Crippen LogP contribution >= 0.6 is 0 Å². The number of carbonyl (C=O) groups is 1. The molecule has 3 N–H and O–H groups in total. The summed E-state index contributed by atoms with van der Waals surface area (Å²) in [5, 5.41) is 17.7. The summed E-state index contributed by atoms with van der Waals surface area (Å²) in [4.78, 5) is 10.4. The van der Waals surface area contributed by atoms with E-state index in [1.165, 1.54) is 6.07 Å². The predicted molar refractivity (Wildman–Crippen MR) is 51.6 cm³/mol. The fraction of sp³-hybridized carbons (Fsp3) is 0.125. The first-order valence-corrected chi connectivity index (χ1v) is 5.35. The van der Waals surface area contributed by atoms with Gasteiger partial charge in [-0.1, -0.05) is 6.07 Å². The van der Waals surface area contributed by atoms with Crippen molar-refractivity contribution >= 4 is 16.4 Å². The van der Waals surface area contributed by atoms with Crippen molar-refractivity contribution in [3.05, 3.63) is 23.8 Å². The molecule has 0 spiro atoms. The van der Waals surface area contributed by atoms with Crippen LogP contribution in [0.1, 0.15) is 5.56 Å². The third kappa shape index (κ3) is 3.75. The van der Waals surface area contributed by atoms with Gasteiger partial charge < -0.3 is 14.4 Å². The van der Waals surface area contributed by atoms with E-state index in [-0.39, 0.29) is 12.0 Å². The molecule has 0 atom stereocenters. The standard InChI is InChI=1S/C8H8O7S/c9-6-2-1-5(4-8(10)11)3-7(6)15-16(12,13)14/h1-3,9H,4H2,(H,10,11)(H,12,13,14). The molecule has 0 aliphatic heterocycles. The quantitative estimate of drug-likeness (QED) is 0.650. The van der Waals surface area contributed by atoms with Crippen molar-refractivity contribution in [2.75, 3.05) is 0 Å². The van der Waals surface area contributed by atoms with Crippen LogP contribution in [-0.4, -0.2) is 29.2 Å². The van der Waals surface area contributed by atoms with Gasteiger partial charge in [0.1, 0.15) is 0 Å². The zero-order valence-corrected chi connectivity index (χ0v) is 8.64. The lowest BCUT2D eigenvalue weighted by atomic mass is 10.1. The maximum absolute atomic E-state index is 10.4. The highest BCUT2D eigenvalue weighted by Crippen LogP contribution is 2.28. The first-order valence-electron chi connectivity index (χ1n) is 3.98. The molecule has 7 nitrogen and oxygen atoms in total. The molecule has 0 aliphatic carbocycles. The van der Waals surface area contributed by atoms with Gasteiger partial charge in [-0.05, 0) is 17.7 Å². The Hall–Kier alpha value is -1.80. The zero-order chi connectivity index (χ0) is 12.3. The summed E-state index contributed by atoms with van der Waals surface area (Å²) in [5.74, 6) is -2.17. The molecule has 1 aromatic rings. The van der Waals surface area contributed by atoms with Crippen LogP contribution in [0.15, 0.2) is 18.2 Å². The first-order chi connectivity index (χ1) is 7.28. The second-order valence-electron chi connectivity index (χ2n) is 2.88. The summed E-state index contributed by atoms with van der Waals surface area (Å²) in [6, 6.07) is 3.37. The molecule has 8 heteroatoms. The van der Waals surface area contributed by atoms with E-state index in [0.29, 0.717) is 0 Å². The number of hydrogen-bond acceptors (Lipinski definition) is 5. The van der Waals surface area contributed by atoms with Crippen molar-refractivity contribution < 1.29 is 32.2 Å². The number of hydrogen-bond donors (Lipinski definition) is 3. The second kappa shape index (κ2) is 4.37. The molecule has 0 radical (unpaired) electrons. The summed E-state index contributed by atoms with van der Waals surface area (Å²) in [5.41, 5.74) is 0.226. The molecule has 88 valence electrons. The molecular weight excluding hydrogens is 240 g/mol. The number of aromatic hydroxyl groups is 1. The third-order valence-corrected chi connectivity index (χ3v) is 1.96. The van der Waals surface area contributed by atoms with E-state index in [2.05, 4.69) is 4.18 Å². The number of benzene rings is 1. The highest BCUT2D eigenvalue weighted by atomic mass is 32.3. The van der Waals surface area contributed by atoms with Crippen LogP contribution in [0.3, 0.4) is 0 Å². The van der Waals surface area contributed by atoms with Crippen molar-refractivity contribution in [1.82, 2.24) is 0 Å². The molecule has 0 fully saturated rings. The fourth-order valence-electron chi connectivity index (χ4n) is 1.02. The van der Waals surface area contributed by atoms with E-state index < -0.39 is 27.9 Å². The lowest BCUT2D eigenvalue weighted by Gasteiger charge is -2.05. The Balaban J connectivity index is 3.04. The normalized spacial score (nSPS) is 11.1. The predicted octanol–water partition coefficient (Wildman–Crippen LogP) is 0.201. The van der Waals surface area contributed by atoms with Crippen LogP contribution in [0.4, 0.5) is 0 Å². The molecule has 1 rings (SSSR count). The van der Waals surface area contributed by atoms with E-state index >= 15 is 0 Å². The lowest BCUT2D eigenvalue weighted by Crippen LogP contribution is -2.07. The molecule has 0 unspecified atom stereocenters. The summed E-state index contributed by atoms with van der Waals surface area (Å²) in [6.45, 7) is 0. The maximum Gasteiger partial charge on any atom is 0.446 e. The molecule has 0 aliphatic rings. The minimum atomic E-state index is -4.75. The van der Waals surface area contributed by atoms with Crippen LogP contribution in [0.25, 0.3) is 0 Å². The Morgan fingerprint density at radius 2 is 2.00 bits per heavy atom. The van der Waals surface area contributed by atoms with Crippen LogP contribution < -0.4 is 4.18 Å². The van der Waals surface area contributed by atoms with Crippen LogP contribution in [0.2, 0.25) is 0 Å². The molecule has 1 aromatic carbocycles. The first kappa shape index (κ1) is 12.3. The summed E-state index contributed by atoms with van der Waals surface area (Å²) in [7, 11) is -4.75. The number of rotatable bonds is 4. The number of phenolic OH excluding ortho intramolecular Hbond substituents is 1. The summed E-state index contributed by atoms with van der Waals surface area (Å²) in [6.07, 6.45) is -0.359. The SMILES string of the molecule is O=C(O)Cc1ccc(O)c(OS(=O)(=O)O)c1. The van der Waals surface area contributed by atoms with Crippen molar-refractivity contribution in [3.63, 3.8) is 0 Å². The van der Waals surface area contributed by atoms with E-state index in [1.807, 2.05) is 0 Å². The van der Waals surface area contributed by atoms with Crippen LogP contribution in [0.5, 0.6) is 11.5 Å². The van der Waals surface area contributed by atoms with Gasteiger partial charge in [-0.25, -0.2) is 0 Å². The molecule has 0 saturated carbocycles. The van der Waals surface area contributed by atoms with E-state index in [4.69, 9.17) is 9.66 Å². The molecule has 0 heterocycles.